The minimum atomic E-state index is -1.54. The number of hydrogen-bond donors (Lipinski definition) is 1. The topological polar surface area (TPSA) is 72.8 Å². The first-order chi connectivity index (χ1) is 8.52. The first-order valence-electron chi connectivity index (χ1n) is 5.34. The molecule has 2 rings (SSSR count). The summed E-state index contributed by atoms with van der Waals surface area (Å²) in [6.07, 6.45) is 2.03. The number of rotatable bonds is 5. The average Bonchev–Trinajstić information content (AvgIpc) is 3.14. The monoisotopic (exact) mass is 270 g/mol. The Balaban J connectivity index is 2.38. The zero-order valence-corrected chi connectivity index (χ0v) is 10.4. The maximum atomic E-state index is 11.4. The number of ketones is 1. The zero-order chi connectivity index (χ0) is 13.3. The van der Waals surface area contributed by atoms with Crippen molar-refractivity contribution >= 4 is 23.4 Å². The molecular weight excluding hydrogens is 260 g/mol. The van der Waals surface area contributed by atoms with E-state index in [1.165, 1.54) is 19.2 Å². The van der Waals surface area contributed by atoms with Crippen molar-refractivity contribution in [1.82, 2.24) is 0 Å². The van der Waals surface area contributed by atoms with Gasteiger partial charge in [0.05, 0.1) is 18.2 Å². The summed E-state index contributed by atoms with van der Waals surface area (Å²) in [7, 11) is 1.40. The standard InChI is InChI=1S/C12H11ClO5/c1-17-9-5-6(10(14)12(15)16)4-8(13)11(9)18-7-2-3-7/h4-5,7H,2-3H2,1H3,(H,15,16). The van der Waals surface area contributed by atoms with Crippen LogP contribution in [0, 0.1) is 0 Å². The molecule has 1 aliphatic carbocycles. The third-order valence-electron chi connectivity index (χ3n) is 2.49. The highest BCUT2D eigenvalue weighted by Gasteiger charge is 2.27. The van der Waals surface area contributed by atoms with Gasteiger partial charge in [-0.05, 0) is 25.0 Å². The SMILES string of the molecule is COc1cc(C(=O)C(=O)O)cc(Cl)c1OC1CC1. The first-order valence-corrected chi connectivity index (χ1v) is 5.72. The second kappa shape index (κ2) is 4.86. The van der Waals surface area contributed by atoms with E-state index >= 15 is 0 Å². The number of Topliss-reactive ketones (excluding diaryl/α,β-unsaturated/α-hetero) is 1. The van der Waals surface area contributed by atoms with Crippen LogP contribution in [0.3, 0.4) is 0 Å². The smallest absolute Gasteiger partial charge is 0.377 e. The van der Waals surface area contributed by atoms with E-state index in [-0.39, 0.29) is 22.4 Å². The maximum Gasteiger partial charge on any atom is 0.377 e. The van der Waals surface area contributed by atoms with E-state index in [2.05, 4.69) is 0 Å². The van der Waals surface area contributed by atoms with Crippen molar-refractivity contribution in [3.8, 4) is 11.5 Å². The molecule has 1 aliphatic rings. The summed E-state index contributed by atoms with van der Waals surface area (Å²) in [5.41, 5.74) is -0.0347. The number of ether oxygens (including phenoxy) is 2. The summed E-state index contributed by atoms with van der Waals surface area (Å²) >= 11 is 5.98. The van der Waals surface area contributed by atoms with Crippen LogP contribution in [0.1, 0.15) is 23.2 Å². The molecule has 1 aromatic rings. The molecule has 1 saturated carbocycles. The van der Waals surface area contributed by atoms with Crippen LogP contribution in [-0.4, -0.2) is 30.1 Å². The molecule has 0 aliphatic heterocycles. The molecule has 1 N–H and O–H groups in total. The van der Waals surface area contributed by atoms with Gasteiger partial charge in [-0.15, -0.1) is 0 Å². The highest BCUT2D eigenvalue weighted by molar-refractivity contribution is 6.41. The number of aliphatic carboxylic acids is 1. The lowest BCUT2D eigenvalue weighted by Crippen LogP contribution is -2.13. The molecule has 0 radical (unpaired) electrons. The summed E-state index contributed by atoms with van der Waals surface area (Å²) in [4.78, 5) is 22.0. The number of benzene rings is 1. The quantitative estimate of drug-likeness (QED) is 0.656. The molecule has 0 bridgehead atoms. The van der Waals surface area contributed by atoms with Crippen molar-refractivity contribution in [3.05, 3.63) is 22.7 Å². The van der Waals surface area contributed by atoms with Gasteiger partial charge in [0.15, 0.2) is 11.5 Å². The largest absolute Gasteiger partial charge is 0.493 e. The lowest BCUT2D eigenvalue weighted by Gasteiger charge is -2.12. The number of carboxylic acids is 1. The molecule has 0 heterocycles. The van der Waals surface area contributed by atoms with Gasteiger partial charge in [-0.3, -0.25) is 4.79 Å². The normalized spacial score (nSPS) is 14.1. The molecule has 0 unspecified atom stereocenters. The number of carboxylic acid groups (broad SMARTS) is 1. The van der Waals surface area contributed by atoms with E-state index in [1.54, 1.807) is 0 Å². The molecule has 1 aromatic carbocycles. The molecule has 0 saturated heterocycles. The summed E-state index contributed by atoms with van der Waals surface area (Å²) in [6.45, 7) is 0. The predicted octanol–water partition coefficient (Wildman–Crippen LogP) is 2.16. The third-order valence-corrected chi connectivity index (χ3v) is 2.78. The van der Waals surface area contributed by atoms with Crippen molar-refractivity contribution in [2.24, 2.45) is 0 Å². The summed E-state index contributed by atoms with van der Waals surface area (Å²) in [5, 5.41) is 8.82. The Hall–Kier alpha value is -1.75. The van der Waals surface area contributed by atoms with E-state index < -0.39 is 11.8 Å². The van der Waals surface area contributed by atoms with Gasteiger partial charge in [-0.2, -0.15) is 0 Å². The summed E-state index contributed by atoms with van der Waals surface area (Å²) < 4.78 is 10.6. The molecule has 0 aromatic heterocycles. The maximum absolute atomic E-state index is 11.4. The molecule has 18 heavy (non-hydrogen) atoms. The van der Waals surface area contributed by atoms with Crippen LogP contribution in [0.2, 0.25) is 5.02 Å². The molecule has 1 fully saturated rings. The minimum absolute atomic E-state index is 0.0347. The Kier molecular flexibility index (Phi) is 3.43. The van der Waals surface area contributed by atoms with Crippen LogP contribution < -0.4 is 9.47 Å². The Labute approximate surface area is 108 Å². The van der Waals surface area contributed by atoms with E-state index in [0.29, 0.717) is 5.75 Å². The number of hydrogen-bond acceptors (Lipinski definition) is 4. The zero-order valence-electron chi connectivity index (χ0n) is 9.60. The Morgan fingerprint density at radius 1 is 1.39 bits per heavy atom. The average molecular weight is 271 g/mol. The lowest BCUT2D eigenvalue weighted by molar-refractivity contribution is -0.131. The highest BCUT2D eigenvalue weighted by atomic mass is 35.5. The number of methoxy groups -OCH3 is 1. The Bertz CT molecular complexity index is 507. The molecule has 5 nitrogen and oxygen atoms in total. The van der Waals surface area contributed by atoms with Crippen molar-refractivity contribution in [2.45, 2.75) is 18.9 Å². The third kappa shape index (κ3) is 2.56. The number of halogens is 1. The number of carbonyl (C=O) groups excluding carboxylic acids is 1. The first kappa shape index (κ1) is 12.7. The molecule has 6 heteroatoms. The van der Waals surface area contributed by atoms with Crippen molar-refractivity contribution in [3.63, 3.8) is 0 Å². The van der Waals surface area contributed by atoms with Crippen LogP contribution in [-0.2, 0) is 4.79 Å². The predicted molar refractivity (Wildman–Crippen MR) is 63.6 cm³/mol. The molecule has 0 spiro atoms. The van der Waals surface area contributed by atoms with Gasteiger partial charge in [0.2, 0.25) is 0 Å². The molecule has 0 amide bonds. The van der Waals surface area contributed by atoms with E-state index in [9.17, 15) is 9.59 Å². The fourth-order valence-electron chi connectivity index (χ4n) is 1.44. The summed E-state index contributed by atoms with van der Waals surface area (Å²) in [6, 6.07) is 2.60. The van der Waals surface area contributed by atoms with Crippen LogP contribution in [0.5, 0.6) is 11.5 Å². The summed E-state index contributed by atoms with van der Waals surface area (Å²) in [5.74, 6) is -1.96. The van der Waals surface area contributed by atoms with Crippen molar-refractivity contribution in [2.75, 3.05) is 7.11 Å². The van der Waals surface area contributed by atoms with Gasteiger partial charge in [-0.1, -0.05) is 11.6 Å². The van der Waals surface area contributed by atoms with Gasteiger partial charge < -0.3 is 14.6 Å². The van der Waals surface area contributed by atoms with Gasteiger partial charge in [0.1, 0.15) is 0 Å². The second-order valence-corrected chi connectivity index (χ2v) is 4.35. The fourth-order valence-corrected chi connectivity index (χ4v) is 1.70. The van der Waals surface area contributed by atoms with Gasteiger partial charge >= 0.3 is 5.97 Å². The highest BCUT2D eigenvalue weighted by Crippen LogP contribution is 2.40. The van der Waals surface area contributed by atoms with E-state index in [1.807, 2.05) is 0 Å². The van der Waals surface area contributed by atoms with Crippen molar-refractivity contribution in [1.29, 1.82) is 0 Å². The molecule has 96 valence electrons. The van der Waals surface area contributed by atoms with Crippen LogP contribution in [0.25, 0.3) is 0 Å². The minimum Gasteiger partial charge on any atom is -0.493 e. The number of carbonyl (C=O) groups is 2. The Morgan fingerprint density at radius 2 is 2.06 bits per heavy atom. The lowest BCUT2D eigenvalue weighted by atomic mass is 10.1. The Morgan fingerprint density at radius 3 is 2.56 bits per heavy atom. The van der Waals surface area contributed by atoms with E-state index in [4.69, 9.17) is 26.2 Å². The van der Waals surface area contributed by atoms with Crippen LogP contribution in [0.15, 0.2) is 12.1 Å². The van der Waals surface area contributed by atoms with E-state index in [0.717, 1.165) is 12.8 Å². The fraction of sp³-hybridized carbons (Fsp3) is 0.333. The van der Waals surface area contributed by atoms with Gasteiger partial charge in [-0.25, -0.2) is 4.79 Å². The molecular formula is C12H11ClO5. The van der Waals surface area contributed by atoms with Crippen LogP contribution in [0.4, 0.5) is 0 Å². The van der Waals surface area contributed by atoms with Gasteiger partial charge in [0.25, 0.3) is 5.78 Å². The second-order valence-electron chi connectivity index (χ2n) is 3.94. The molecule has 0 atom stereocenters. The van der Waals surface area contributed by atoms with Crippen molar-refractivity contribution < 1.29 is 24.2 Å². The van der Waals surface area contributed by atoms with Crippen LogP contribution >= 0.6 is 11.6 Å². The van der Waals surface area contributed by atoms with Gasteiger partial charge in [0, 0.05) is 5.56 Å².